The number of aliphatic hydroxyl groups is 1. The number of halogens is 6. The zero-order valence-electron chi connectivity index (χ0n) is 25.5. The molecule has 1 atom stereocenters. The minimum atomic E-state index is -4.86. The number of pyridine rings is 1. The van der Waals surface area contributed by atoms with Gasteiger partial charge in [-0.2, -0.15) is 13.2 Å². The first-order chi connectivity index (χ1) is 21.3. The number of nitrogens with zero attached hydrogens (tertiary/aromatic N) is 1. The van der Waals surface area contributed by atoms with E-state index in [0.717, 1.165) is 36.1 Å². The molecule has 1 N–H and O–H groups in total. The second-order valence-electron chi connectivity index (χ2n) is 11.4. The predicted molar refractivity (Wildman–Crippen MR) is 156 cm³/mol. The molecule has 3 aromatic rings. The molecule has 1 saturated carbocycles. The van der Waals surface area contributed by atoms with Gasteiger partial charge in [0.1, 0.15) is 12.4 Å². The highest BCUT2D eigenvalue weighted by atomic mass is 19.4. The van der Waals surface area contributed by atoms with Gasteiger partial charge < -0.3 is 19.3 Å². The van der Waals surface area contributed by atoms with Crippen molar-refractivity contribution in [2.75, 3.05) is 20.4 Å². The fraction of sp³-hybridized carbons (Fsp3) is 0.455. The maximum atomic E-state index is 14.8. The highest BCUT2D eigenvalue weighted by molar-refractivity contribution is 5.70. The molecule has 0 bridgehead atoms. The van der Waals surface area contributed by atoms with Crippen LogP contribution in [0.4, 0.5) is 26.3 Å². The van der Waals surface area contributed by atoms with Crippen molar-refractivity contribution < 1.29 is 50.5 Å². The lowest BCUT2D eigenvalue weighted by Crippen LogP contribution is -2.43. The fourth-order valence-corrected chi connectivity index (χ4v) is 5.50. The van der Waals surface area contributed by atoms with E-state index in [9.17, 15) is 36.2 Å². The Morgan fingerprint density at radius 2 is 1.71 bits per heavy atom. The van der Waals surface area contributed by atoms with Crippen molar-refractivity contribution in [1.29, 1.82) is 0 Å². The number of carbonyl (C=O) groups is 1. The fourth-order valence-electron chi connectivity index (χ4n) is 5.50. The molecule has 6 nitrogen and oxygen atoms in total. The molecule has 0 amide bonds. The van der Waals surface area contributed by atoms with Crippen LogP contribution >= 0.6 is 0 Å². The summed E-state index contributed by atoms with van der Waals surface area (Å²) < 4.78 is 95.8. The summed E-state index contributed by atoms with van der Waals surface area (Å²) in [6.45, 7) is 6.35. The van der Waals surface area contributed by atoms with Crippen LogP contribution in [0.25, 0.3) is 11.1 Å². The van der Waals surface area contributed by atoms with E-state index < -0.39 is 29.0 Å². The van der Waals surface area contributed by atoms with Crippen LogP contribution in [0.1, 0.15) is 55.9 Å². The average Bonchev–Trinajstić information content (AvgIpc) is 3.35. The van der Waals surface area contributed by atoms with Crippen LogP contribution in [0.3, 0.4) is 0 Å². The first kappa shape index (κ1) is 35.7. The average molecular weight is 642 g/mol. The molecule has 1 heterocycles. The first-order valence-corrected chi connectivity index (χ1v) is 14.4. The van der Waals surface area contributed by atoms with Crippen LogP contribution in [0.15, 0.2) is 42.6 Å². The third kappa shape index (κ3) is 9.59. The summed E-state index contributed by atoms with van der Waals surface area (Å²) in [4.78, 5) is 13.4. The minimum absolute atomic E-state index is 0.0698. The lowest BCUT2D eigenvalue weighted by Gasteiger charge is -2.40. The molecule has 45 heavy (non-hydrogen) atoms. The van der Waals surface area contributed by atoms with Crippen molar-refractivity contribution in [2.45, 2.75) is 64.8 Å². The maximum absolute atomic E-state index is 14.8. The first-order valence-electron chi connectivity index (χ1n) is 14.4. The van der Waals surface area contributed by atoms with Crippen molar-refractivity contribution in [3.8, 4) is 22.8 Å². The van der Waals surface area contributed by atoms with Crippen molar-refractivity contribution in [1.82, 2.24) is 4.98 Å². The van der Waals surface area contributed by atoms with E-state index in [0.29, 0.717) is 45.1 Å². The van der Waals surface area contributed by atoms with E-state index in [1.54, 1.807) is 26.1 Å². The van der Waals surface area contributed by atoms with Gasteiger partial charge in [-0.25, -0.2) is 13.8 Å². The molecule has 12 heteroatoms. The molecule has 2 aromatic carbocycles. The number of aromatic nitrogens is 1. The molecule has 1 fully saturated rings. The Kier molecular flexibility index (Phi) is 12.3. The quantitative estimate of drug-likeness (QED) is 0.191. The Hall–Kier alpha value is -3.80. The topological polar surface area (TPSA) is 77.9 Å². The van der Waals surface area contributed by atoms with Crippen molar-refractivity contribution in [3.05, 3.63) is 76.5 Å². The summed E-state index contributed by atoms with van der Waals surface area (Å²) >= 11 is 0. The van der Waals surface area contributed by atoms with Crippen LogP contribution in [0.2, 0.25) is 0 Å². The third-order valence-corrected chi connectivity index (χ3v) is 7.47. The van der Waals surface area contributed by atoms with Gasteiger partial charge in [0.15, 0.2) is 11.6 Å². The number of benzene rings is 2. The van der Waals surface area contributed by atoms with Gasteiger partial charge in [0.05, 0.1) is 31.6 Å². The molecule has 246 valence electrons. The Bertz CT molecular complexity index is 1440. The van der Waals surface area contributed by atoms with Crippen LogP contribution in [-0.4, -0.2) is 42.6 Å². The largest absolute Gasteiger partial charge is 0.490 e. The Labute approximate surface area is 258 Å². The van der Waals surface area contributed by atoms with E-state index in [4.69, 9.17) is 9.47 Å². The van der Waals surface area contributed by atoms with Crippen LogP contribution in [-0.2, 0) is 35.2 Å². The normalized spacial score (nSPS) is 20.0. The highest BCUT2D eigenvalue weighted by Gasteiger charge is 2.39. The van der Waals surface area contributed by atoms with E-state index in [-0.39, 0.29) is 47.5 Å². The van der Waals surface area contributed by atoms with Gasteiger partial charge in [-0.15, -0.1) is 0 Å². The number of hydrogen-bond donors (Lipinski definition) is 1. The Morgan fingerprint density at radius 3 is 2.29 bits per heavy atom. The van der Waals surface area contributed by atoms with Crippen molar-refractivity contribution in [2.24, 2.45) is 11.8 Å². The van der Waals surface area contributed by atoms with E-state index >= 15 is 0 Å². The molecule has 0 spiro atoms. The van der Waals surface area contributed by atoms with Crippen molar-refractivity contribution >= 4 is 6.47 Å². The van der Waals surface area contributed by atoms with Gasteiger partial charge >= 0.3 is 6.18 Å². The molecule has 2 aliphatic rings. The lowest BCUT2D eigenvalue weighted by molar-refractivity contribution is -0.137. The summed E-state index contributed by atoms with van der Waals surface area (Å²) in [5.41, 5.74) is -0.287. The standard InChI is InChI=1S/C29H28F5NO3.C3H6O2.CH3F/c1-16-5-19-9-27(35-13-20(19)6-16)38-15-21-7-22(23(10-24(21)30)29(32,33)34)18-3-4-26(25(31)8-18)37-14-17-11-28(2,36)12-17;1-2-5-3-4;1-2/h3-4,7-10,13,16-17,36H,5-6,11-12,14-15H2,1-2H3;3H,2H2,1H3;1H3. The number of carbonyl (C=O) groups excluding carboxylic acids is 1. The van der Waals surface area contributed by atoms with E-state index in [2.05, 4.69) is 16.6 Å². The molecule has 0 aliphatic heterocycles. The molecule has 1 aromatic heterocycles. The van der Waals surface area contributed by atoms with Gasteiger partial charge in [0.25, 0.3) is 6.47 Å². The monoisotopic (exact) mass is 641 g/mol. The van der Waals surface area contributed by atoms with Gasteiger partial charge in [0, 0.05) is 17.8 Å². The highest BCUT2D eigenvalue weighted by Crippen LogP contribution is 2.41. The lowest BCUT2D eigenvalue weighted by atomic mass is 9.73. The smallest absolute Gasteiger partial charge is 0.417 e. The van der Waals surface area contributed by atoms with Gasteiger partial charge in [-0.1, -0.05) is 13.0 Å². The SMILES string of the molecule is CC1Cc2cnc(OCc3cc(-c4ccc(OCC5CC(C)(O)C5)c(F)c4)c(C(F)(F)F)cc3F)cc2C1.CCOC=O.CF. The second kappa shape index (κ2) is 15.5. The second-order valence-corrected chi connectivity index (χ2v) is 11.4. The van der Waals surface area contributed by atoms with Crippen LogP contribution in [0, 0.1) is 23.5 Å². The molecule has 2 aliphatic carbocycles. The Morgan fingerprint density at radius 1 is 1.02 bits per heavy atom. The number of hydrogen-bond acceptors (Lipinski definition) is 6. The van der Waals surface area contributed by atoms with E-state index in [1.165, 1.54) is 12.1 Å². The van der Waals surface area contributed by atoms with Crippen molar-refractivity contribution in [3.63, 3.8) is 0 Å². The van der Waals surface area contributed by atoms with Gasteiger partial charge in [-0.05, 0) is 97.9 Å². The van der Waals surface area contributed by atoms with Crippen LogP contribution < -0.4 is 9.47 Å². The molecule has 0 radical (unpaired) electrons. The van der Waals surface area contributed by atoms with E-state index in [1.807, 2.05) is 0 Å². The third-order valence-electron chi connectivity index (χ3n) is 7.47. The summed E-state index contributed by atoms with van der Waals surface area (Å²) in [7, 11) is 0.500. The molecular weight excluding hydrogens is 604 g/mol. The molecule has 0 saturated heterocycles. The van der Waals surface area contributed by atoms with Crippen LogP contribution in [0.5, 0.6) is 11.6 Å². The molecule has 1 unspecified atom stereocenters. The summed E-state index contributed by atoms with van der Waals surface area (Å²) in [6, 6.07) is 6.75. The summed E-state index contributed by atoms with van der Waals surface area (Å²) in [6.07, 6.45) is -0.296. The zero-order valence-corrected chi connectivity index (χ0v) is 25.5. The number of rotatable bonds is 9. The number of fused-ring (bicyclic) bond motifs is 1. The summed E-state index contributed by atoms with van der Waals surface area (Å²) in [5.74, 6) is -1.18. The predicted octanol–water partition coefficient (Wildman–Crippen LogP) is 7.66. The maximum Gasteiger partial charge on any atom is 0.417 e. The number of alkyl halides is 4. The minimum Gasteiger partial charge on any atom is -0.490 e. The summed E-state index contributed by atoms with van der Waals surface area (Å²) in [5, 5.41) is 9.82. The number of ether oxygens (including phenoxy) is 3. The zero-order chi connectivity index (χ0) is 33.4. The Balaban J connectivity index is 0.000000719. The molecular formula is C33H37F6NO5. The molecule has 5 rings (SSSR count). The van der Waals surface area contributed by atoms with Gasteiger partial charge in [0.2, 0.25) is 5.88 Å². The van der Waals surface area contributed by atoms with Gasteiger partial charge in [-0.3, -0.25) is 9.18 Å².